The number of pyridine rings is 1. The molecule has 0 saturated carbocycles. The SMILES string of the molecule is O=C(CSc1ccccc1Cl)NCCNc1ccc(C(F)(F)F)cn1. The lowest BCUT2D eigenvalue weighted by molar-refractivity contribution is -0.137. The van der Waals surface area contributed by atoms with Crippen LogP contribution in [0.1, 0.15) is 5.56 Å². The van der Waals surface area contributed by atoms with E-state index in [0.717, 1.165) is 17.2 Å². The third kappa shape index (κ3) is 6.47. The third-order valence-electron chi connectivity index (χ3n) is 3.04. The Morgan fingerprint density at radius 1 is 1.16 bits per heavy atom. The molecule has 4 nitrogen and oxygen atoms in total. The van der Waals surface area contributed by atoms with Crippen LogP contribution in [0, 0.1) is 0 Å². The van der Waals surface area contributed by atoms with Gasteiger partial charge in [0.05, 0.1) is 16.3 Å². The molecule has 134 valence electrons. The molecule has 0 fully saturated rings. The number of aromatic nitrogens is 1. The molecule has 1 aromatic heterocycles. The van der Waals surface area contributed by atoms with Gasteiger partial charge in [0.15, 0.2) is 0 Å². The van der Waals surface area contributed by atoms with Gasteiger partial charge in [0.2, 0.25) is 5.91 Å². The number of nitrogens with zero attached hydrogens (tertiary/aromatic N) is 1. The lowest BCUT2D eigenvalue weighted by Gasteiger charge is -2.09. The molecule has 1 amide bonds. The van der Waals surface area contributed by atoms with E-state index in [1.54, 1.807) is 6.07 Å². The summed E-state index contributed by atoms with van der Waals surface area (Å²) in [6, 6.07) is 9.44. The van der Waals surface area contributed by atoms with Crippen LogP contribution < -0.4 is 10.6 Å². The fourth-order valence-corrected chi connectivity index (χ4v) is 2.88. The predicted octanol–water partition coefficient (Wildman–Crippen LogP) is 4.07. The molecule has 0 spiro atoms. The van der Waals surface area contributed by atoms with Crippen molar-refractivity contribution in [1.82, 2.24) is 10.3 Å². The maximum Gasteiger partial charge on any atom is 0.417 e. The summed E-state index contributed by atoms with van der Waals surface area (Å²) >= 11 is 7.33. The largest absolute Gasteiger partial charge is 0.417 e. The minimum atomic E-state index is -4.40. The minimum absolute atomic E-state index is 0.160. The Labute approximate surface area is 152 Å². The average molecular weight is 390 g/mol. The minimum Gasteiger partial charge on any atom is -0.368 e. The monoisotopic (exact) mass is 389 g/mol. The number of hydrogen-bond donors (Lipinski definition) is 2. The molecular formula is C16H15ClF3N3OS. The van der Waals surface area contributed by atoms with E-state index in [2.05, 4.69) is 15.6 Å². The summed E-state index contributed by atoms with van der Waals surface area (Å²) in [5.74, 6) is 0.377. The molecule has 0 saturated heterocycles. The van der Waals surface area contributed by atoms with Crippen LogP contribution in [0.2, 0.25) is 5.02 Å². The second kappa shape index (κ2) is 8.96. The fourth-order valence-electron chi connectivity index (χ4n) is 1.81. The summed E-state index contributed by atoms with van der Waals surface area (Å²) in [7, 11) is 0. The topological polar surface area (TPSA) is 54.0 Å². The Balaban J connectivity index is 1.67. The summed E-state index contributed by atoms with van der Waals surface area (Å²) in [6.07, 6.45) is -3.64. The van der Waals surface area contributed by atoms with Crippen LogP contribution in [0.3, 0.4) is 0 Å². The van der Waals surface area contributed by atoms with Gasteiger partial charge < -0.3 is 10.6 Å². The van der Waals surface area contributed by atoms with E-state index in [0.29, 0.717) is 23.9 Å². The van der Waals surface area contributed by atoms with E-state index >= 15 is 0 Å². The summed E-state index contributed by atoms with van der Waals surface area (Å²) in [6.45, 7) is 0.672. The zero-order valence-corrected chi connectivity index (χ0v) is 14.5. The van der Waals surface area contributed by atoms with Crippen molar-refractivity contribution in [3.05, 3.63) is 53.2 Å². The highest BCUT2D eigenvalue weighted by Gasteiger charge is 2.30. The summed E-state index contributed by atoms with van der Waals surface area (Å²) in [5, 5.41) is 6.14. The van der Waals surface area contributed by atoms with Crippen molar-refractivity contribution in [2.45, 2.75) is 11.1 Å². The summed E-state index contributed by atoms with van der Waals surface area (Å²) < 4.78 is 37.3. The number of alkyl halides is 3. The second-order valence-electron chi connectivity index (χ2n) is 4.93. The van der Waals surface area contributed by atoms with Crippen molar-refractivity contribution in [2.24, 2.45) is 0 Å². The first-order valence-electron chi connectivity index (χ1n) is 7.27. The summed E-state index contributed by atoms with van der Waals surface area (Å²) in [4.78, 5) is 16.3. The number of benzene rings is 1. The molecule has 0 unspecified atom stereocenters. The molecule has 1 aromatic carbocycles. The van der Waals surface area contributed by atoms with Crippen molar-refractivity contribution in [2.75, 3.05) is 24.2 Å². The van der Waals surface area contributed by atoms with Gasteiger partial charge >= 0.3 is 6.18 Å². The van der Waals surface area contributed by atoms with Crippen LogP contribution in [0.25, 0.3) is 0 Å². The van der Waals surface area contributed by atoms with E-state index < -0.39 is 11.7 Å². The van der Waals surface area contributed by atoms with Gasteiger partial charge in [-0.3, -0.25) is 4.79 Å². The molecule has 0 aliphatic heterocycles. The molecule has 2 rings (SSSR count). The molecule has 2 N–H and O–H groups in total. The van der Waals surface area contributed by atoms with E-state index in [4.69, 9.17) is 11.6 Å². The molecule has 0 aliphatic rings. The Morgan fingerprint density at radius 3 is 2.56 bits per heavy atom. The van der Waals surface area contributed by atoms with Crippen molar-refractivity contribution in [1.29, 1.82) is 0 Å². The molecule has 9 heteroatoms. The van der Waals surface area contributed by atoms with Crippen LogP contribution in [0.4, 0.5) is 19.0 Å². The van der Waals surface area contributed by atoms with Crippen LogP contribution in [0.5, 0.6) is 0 Å². The first kappa shape index (κ1) is 19.4. The first-order chi connectivity index (χ1) is 11.9. The first-order valence-corrected chi connectivity index (χ1v) is 8.64. The van der Waals surface area contributed by atoms with Gasteiger partial charge in [-0.05, 0) is 24.3 Å². The maximum absolute atomic E-state index is 12.4. The number of carbonyl (C=O) groups excluding carboxylic acids is 1. The van der Waals surface area contributed by atoms with Gasteiger partial charge in [0.25, 0.3) is 0 Å². The van der Waals surface area contributed by atoms with Gasteiger partial charge in [-0.1, -0.05) is 23.7 Å². The highest BCUT2D eigenvalue weighted by Crippen LogP contribution is 2.29. The van der Waals surface area contributed by atoms with Gasteiger partial charge in [0, 0.05) is 24.2 Å². The number of hydrogen-bond acceptors (Lipinski definition) is 4. The standard InChI is InChI=1S/C16H15ClF3N3OS/c17-12-3-1-2-4-13(12)25-10-15(24)22-8-7-21-14-6-5-11(9-23-14)16(18,19)20/h1-6,9H,7-8,10H2,(H,21,23)(H,22,24). The molecule has 0 radical (unpaired) electrons. The lowest BCUT2D eigenvalue weighted by atomic mass is 10.3. The van der Waals surface area contributed by atoms with Crippen LogP contribution in [0.15, 0.2) is 47.5 Å². The highest BCUT2D eigenvalue weighted by atomic mass is 35.5. The van der Waals surface area contributed by atoms with E-state index in [-0.39, 0.29) is 11.7 Å². The van der Waals surface area contributed by atoms with Crippen LogP contribution >= 0.6 is 23.4 Å². The Morgan fingerprint density at radius 2 is 1.92 bits per heavy atom. The molecule has 0 atom stereocenters. The average Bonchev–Trinajstić information content (AvgIpc) is 2.57. The van der Waals surface area contributed by atoms with Crippen molar-refractivity contribution in [3.8, 4) is 0 Å². The Hall–Kier alpha value is -1.93. The van der Waals surface area contributed by atoms with Crippen LogP contribution in [-0.4, -0.2) is 29.7 Å². The van der Waals surface area contributed by atoms with Crippen molar-refractivity contribution in [3.63, 3.8) is 0 Å². The molecule has 1 heterocycles. The number of carbonyl (C=O) groups is 1. The van der Waals surface area contributed by atoms with Crippen molar-refractivity contribution < 1.29 is 18.0 Å². The number of thioether (sulfide) groups is 1. The number of halogens is 4. The number of nitrogens with one attached hydrogen (secondary N) is 2. The molecule has 25 heavy (non-hydrogen) atoms. The normalized spacial score (nSPS) is 11.2. The van der Waals surface area contributed by atoms with Gasteiger partial charge in [-0.25, -0.2) is 4.98 Å². The number of amides is 1. The zero-order chi connectivity index (χ0) is 18.3. The Kier molecular flexibility index (Phi) is 6.95. The van der Waals surface area contributed by atoms with Gasteiger partial charge in [-0.2, -0.15) is 13.2 Å². The van der Waals surface area contributed by atoms with Gasteiger partial charge in [0.1, 0.15) is 5.82 Å². The number of anilines is 1. The van der Waals surface area contributed by atoms with E-state index in [9.17, 15) is 18.0 Å². The highest BCUT2D eigenvalue weighted by molar-refractivity contribution is 8.00. The molecule has 0 bridgehead atoms. The number of rotatable bonds is 7. The predicted molar refractivity (Wildman–Crippen MR) is 92.9 cm³/mol. The maximum atomic E-state index is 12.4. The van der Waals surface area contributed by atoms with Crippen molar-refractivity contribution >= 4 is 35.1 Å². The van der Waals surface area contributed by atoms with E-state index in [1.165, 1.54) is 17.8 Å². The Bertz CT molecular complexity index is 711. The third-order valence-corrected chi connectivity index (χ3v) is 4.55. The summed E-state index contributed by atoms with van der Waals surface area (Å²) in [5.41, 5.74) is -0.803. The lowest BCUT2D eigenvalue weighted by Crippen LogP contribution is -2.30. The molecular weight excluding hydrogens is 375 g/mol. The quantitative estimate of drug-likeness (QED) is 0.553. The smallest absolute Gasteiger partial charge is 0.368 e. The zero-order valence-electron chi connectivity index (χ0n) is 12.9. The fraction of sp³-hybridized carbons (Fsp3) is 0.250. The van der Waals surface area contributed by atoms with Crippen LogP contribution in [-0.2, 0) is 11.0 Å². The molecule has 2 aromatic rings. The molecule has 0 aliphatic carbocycles. The van der Waals surface area contributed by atoms with E-state index in [1.807, 2.05) is 18.2 Å². The second-order valence-corrected chi connectivity index (χ2v) is 6.35. The van der Waals surface area contributed by atoms with Gasteiger partial charge in [-0.15, -0.1) is 11.8 Å².